The third kappa shape index (κ3) is 3.32. The number of amides is 3. The Hall–Kier alpha value is -3.71. The van der Waals surface area contributed by atoms with Crippen LogP contribution in [-0.2, 0) is 17.1 Å². The first-order valence-electron chi connectivity index (χ1n) is 9.01. The first kappa shape index (κ1) is 18.6. The van der Waals surface area contributed by atoms with E-state index in [-0.39, 0.29) is 17.9 Å². The topological polar surface area (TPSA) is 81.7 Å². The van der Waals surface area contributed by atoms with E-state index in [0.717, 1.165) is 4.90 Å². The molecule has 1 unspecified atom stereocenters. The largest absolute Gasteiger partial charge is 0.359 e. The van der Waals surface area contributed by atoms with Crippen LogP contribution in [0.15, 0.2) is 78.9 Å². The summed E-state index contributed by atoms with van der Waals surface area (Å²) in [5.74, 6) is -1.15. The summed E-state index contributed by atoms with van der Waals surface area (Å²) in [7, 11) is 0. The highest BCUT2D eigenvalue weighted by atomic mass is 19.1. The van der Waals surface area contributed by atoms with Gasteiger partial charge >= 0.3 is 6.03 Å². The zero-order valence-electron chi connectivity index (χ0n) is 15.3. The number of fused-ring (bicyclic) bond motifs is 1. The number of carbonyl (C=O) groups excluding carboxylic acids is 2. The van der Waals surface area contributed by atoms with Gasteiger partial charge in [-0.3, -0.25) is 9.69 Å². The van der Waals surface area contributed by atoms with E-state index in [2.05, 4.69) is 10.6 Å². The van der Waals surface area contributed by atoms with Crippen molar-refractivity contribution in [2.75, 3.05) is 10.2 Å². The van der Waals surface area contributed by atoms with Gasteiger partial charge in [-0.2, -0.15) is 0 Å². The molecule has 0 spiro atoms. The van der Waals surface area contributed by atoms with Crippen LogP contribution in [0, 0.1) is 5.82 Å². The summed E-state index contributed by atoms with van der Waals surface area (Å²) < 4.78 is 13.1. The summed E-state index contributed by atoms with van der Waals surface area (Å²) >= 11 is 0. The first-order valence-corrected chi connectivity index (χ1v) is 9.01. The zero-order valence-corrected chi connectivity index (χ0v) is 15.3. The number of para-hydroxylation sites is 2. The molecular weight excluding hydrogens is 373 g/mol. The highest BCUT2D eigenvalue weighted by molar-refractivity contribution is 6.11. The van der Waals surface area contributed by atoms with E-state index >= 15 is 0 Å². The highest BCUT2D eigenvalue weighted by Gasteiger charge is 2.51. The van der Waals surface area contributed by atoms with Gasteiger partial charge in [-0.1, -0.05) is 48.5 Å². The van der Waals surface area contributed by atoms with Crippen LogP contribution in [0.3, 0.4) is 0 Å². The standard InChI is InChI=1S/C22H18FN3O3/c23-16-12-10-15(11-13-16)14-24-20(27)22(29)18-8-4-5-9-19(18)25-21(28)26(22)17-6-2-1-3-7-17/h1-13,29H,14H2,(H,24,27)(H,25,28). The Bertz CT molecular complexity index is 1060. The number of nitrogens with one attached hydrogen (secondary N) is 2. The number of urea groups is 1. The van der Waals surface area contributed by atoms with E-state index in [1.54, 1.807) is 54.6 Å². The molecule has 0 fully saturated rings. The molecule has 6 nitrogen and oxygen atoms in total. The average Bonchev–Trinajstić information content (AvgIpc) is 2.74. The molecule has 0 saturated carbocycles. The van der Waals surface area contributed by atoms with Crippen molar-refractivity contribution in [1.29, 1.82) is 0 Å². The minimum Gasteiger partial charge on any atom is -0.359 e. The van der Waals surface area contributed by atoms with Crippen molar-refractivity contribution < 1.29 is 19.1 Å². The quantitative estimate of drug-likeness (QED) is 0.638. The third-order valence-electron chi connectivity index (χ3n) is 4.77. The van der Waals surface area contributed by atoms with Crippen molar-refractivity contribution in [2.24, 2.45) is 0 Å². The molecule has 3 aromatic carbocycles. The number of carbonyl (C=O) groups is 2. The van der Waals surface area contributed by atoms with Crippen molar-refractivity contribution in [3.8, 4) is 0 Å². The molecule has 146 valence electrons. The lowest BCUT2D eigenvalue weighted by molar-refractivity contribution is -0.140. The van der Waals surface area contributed by atoms with Crippen LogP contribution in [0.2, 0.25) is 0 Å². The Kier molecular flexibility index (Phi) is 4.74. The molecule has 3 N–H and O–H groups in total. The Balaban J connectivity index is 1.73. The molecule has 3 aromatic rings. The van der Waals surface area contributed by atoms with Gasteiger partial charge in [0.1, 0.15) is 5.82 Å². The molecule has 0 radical (unpaired) electrons. The number of halogens is 1. The maximum absolute atomic E-state index is 13.2. The van der Waals surface area contributed by atoms with Gasteiger partial charge in [0, 0.05) is 17.8 Å². The van der Waals surface area contributed by atoms with Crippen LogP contribution in [0.25, 0.3) is 0 Å². The molecule has 0 saturated heterocycles. The summed E-state index contributed by atoms with van der Waals surface area (Å²) in [6.07, 6.45) is 0. The SMILES string of the molecule is O=C1Nc2ccccc2C(O)(C(=O)NCc2ccc(F)cc2)N1c1ccccc1. The summed E-state index contributed by atoms with van der Waals surface area (Å²) in [4.78, 5) is 27.0. The summed E-state index contributed by atoms with van der Waals surface area (Å²) in [6, 6.07) is 20.1. The smallest absolute Gasteiger partial charge is 0.329 e. The predicted molar refractivity (Wildman–Crippen MR) is 107 cm³/mol. The highest BCUT2D eigenvalue weighted by Crippen LogP contribution is 2.39. The van der Waals surface area contributed by atoms with Crippen LogP contribution < -0.4 is 15.5 Å². The normalized spacial score (nSPS) is 18.0. The monoisotopic (exact) mass is 391 g/mol. The van der Waals surface area contributed by atoms with Crippen molar-refractivity contribution in [1.82, 2.24) is 5.32 Å². The molecule has 29 heavy (non-hydrogen) atoms. The lowest BCUT2D eigenvalue weighted by Gasteiger charge is -2.42. The molecule has 1 heterocycles. The number of hydrogen-bond acceptors (Lipinski definition) is 3. The van der Waals surface area contributed by atoms with Gasteiger partial charge in [-0.15, -0.1) is 0 Å². The molecule has 0 aromatic heterocycles. The Morgan fingerprint density at radius 1 is 1.00 bits per heavy atom. The number of rotatable bonds is 4. The van der Waals surface area contributed by atoms with Crippen LogP contribution in [0.5, 0.6) is 0 Å². The Morgan fingerprint density at radius 3 is 2.38 bits per heavy atom. The average molecular weight is 391 g/mol. The maximum Gasteiger partial charge on any atom is 0.329 e. The van der Waals surface area contributed by atoms with Crippen molar-refractivity contribution >= 4 is 23.3 Å². The molecule has 4 rings (SSSR count). The van der Waals surface area contributed by atoms with Crippen LogP contribution in [-0.4, -0.2) is 17.0 Å². The summed E-state index contributed by atoms with van der Waals surface area (Å²) in [6.45, 7) is 0.0633. The van der Waals surface area contributed by atoms with Crippen LogP contribution >= 0.6 is 0 Å². The zero-order chi connectivity index (χ0) is 20.4. The number of benzene rings is 3. The lowest BCUT2D eigenvalue weighted by Crippen LogP contribution is -2.62. The van der Waals surface area contributed by atoms with E-state index in [1.807, 2.05) is 0 Å². The van der Waals surface area contributed by atoms with Crippen LogP contribution in [0.4, 0.5) is 20.6 Å². The summed E-state index contributed by atoms with van der Waals surface area (Å²) in [5, 5.41) is 17.0. The lowest BCUT2D eigenvalue weighted by atomic mass is 9.94. The second-order valence-corrected chi connectivity index (χ2v) is 6.63. The fourth-order valence-corrected chi connectivity index (χ4v) is 3.35. The minimum atomic E-state index is -2.26. The molecule has 0 bridgehead atoms. The second-order valence-electron chi connectivity index (χ2n) is 6.63. The number of aliphatic hydroxyl groups is 1. The Morgan fingerprint density at radius 2 is 1.66 bits per heavy atom. The van der Waals surface area contributed by atoms with Gasteiger partial charge in [-0.25, -0.2) is 9.18 Å². The van der Waals surface area contributed by atoms with Gasteiger partial charge in [0.15, 0.2) is 0 Å². The predicted octanol–water partition coefficient (Wildman–Crippen LogP) is 3.34. The van der Waals surface area contributed by atoms with Gasteiger partial charge < -0.3 is 15.7 Å². The minimum absolute atomic E-state index is 0.0633. The molecule has 1 aliphatic rings. The molecule has 7 heteroatoms. The van der Waals surface area contributed by atoms with Crippen molar-refractivity contribution in [2.45, 2.75) is 12.3 Å². The summed E-state index contributed by atoms with van der Waals surface area (Å²) in [5.41, 5.74) is -0.647. The van der Waals surface area contributed by atoms with E-state index in [9.17, 15) is 19.1 Å². The number of nitrogens with zero attached hydrogens (tertiary/aromatic N) is 1. The third-order valence-corrected chi connectivity index (χ3v) is 4.77. The molecule has 1 atom stereocenters. The van der Waals surface area contributed by atoms with Gasteiger partial charge in [0.25, 0.3) is 11.6 Å². The molecule has 1 aliphatic heterocycles. The van der Waals surface area contributed by atoms with Crippen molar-refractivity contribution in [3.63, 3.8) is 0 Å². The Labute approximate surface area is 166 Å². The molecular formula is C22H18FN3O3. The van der Waals surface area contributed by atoms with Crippen molar-refractivity contribution in [3.05, 3.63) is 95.8 Å². The van der Waals surface area contributed by atoms with E-state index in [0.29, 0.717) is 16.9 Å². The maximum atomic E-state index is 13.2. The van der Waals surface area contributed by atoms with Gasteiger partial charge in [0.2, 0.25) is 0 Å². The fourth-order valence-electron chi connectivity index (χ4n) is 3.35. The second kappa shape index (κ2) is 7.37. The van der Waals surface area contributed by atoms with E-state index in [4.69, 9.17) is 0 Å². The van der Waals surface area contributed by atoms with Gasteiger partial charge in [-0.05, 0) is 35.9 Å². The fraction of sp³-hybridized carbons (Fsp3) is 0.0909. The number of hydrogen-bond donors (Lipinski definition) is 3. The van der Waals surface area contributed by atoms with E-state index < -0.39 is 17.7 Å². The first-order chi connectivity index (χ1) is 14.0. The molecule has 0 aliphatic carbocycles. The number of anilines is 2. The van der Waals surface area contributed by atoms with Crippen LogP contribution in [0.1, 0.15) is 11.1 Å². The van der Waals surface area contributed by atoms with Gasteiger partial charge in [0.05, 0.1) is 5.69 Å². The molecule has 3 amide bonds. The van der Waals surface area contributed by atoms with E-state index in [1.165, 1.54) is 24.3 Å².